The van der Waals surface area contributed by atoms with Crippen molar-refractivity contribution in [2.75, 3.05) is 16.8 Å². The molecule has 2 aromatic carbocycles. The van der Waals surface area contributed by atoms with Crippen molar-refractivity contribution in [2.45, 2.75) is 38.3 Å². The monoisotopic (exact) mass is 343 g/mol. The van der Waals surface area contributed by atoms with Crippen LogP contribution in [-0.4, -0.2) is 13.2 Å². The van der Waals surface area contributed by atoms with Crippen molar-refractivity contribution in [3.63, 3.8) is 0 Å². The summed E-state index contributed by atoms with van der Waals surface area (Å²) in [7, 11) is 2.20. The maximum absolute atomic E-state index is 9.47. The van der Waals surface area contributed by atoms with Crippen molar-refractivity contribution in [1.29, 1.82) is 5.26 Å². The Morgan fingerprint density at radius 1 is 1.15 bits per heavy atom. The molecule has 3 atom stereocenters. The number of fused-ring (bicyclic) bond motifs is 5. The summed E-state index contributed by atoms with van der Waals surface area (Å²) < 4.78 is 0. The molecule has 0 spiro atoms. The Balaban J connectivity index is 2.06. The molecule has 0 N–H and O–H groups in total. The molecule has 132 valence electrons. The van der Waals surface area contributed by atoms with Gasteiger partial charge in [-0.3, -0.25) is 0 Å². The zero-order valence-electron chi connectivity index (χ0n) is 15.7. The topological polar surface area (TPSA) is 30.3 Å². The van der Waals surface area contributed by atoms with Gasteiger partial charge in [0.1, 0.15) is 6.17 Å². The molecule has 2 aliphatic rings. The fourth-order valence-electron chi connectivity index (χ4n) is 5.23. The second-order valence-corrected chi connectivity index (χ2v) is 7.34. The SMILES string of the molecule is C=CC1(CC)c2cc(C#N)ccc2N2c3ccccc3N(C)C2C1CC. The molecule has 3 unspecified atom stereocenters. The largest absolute Gasteiger partial charge is 0.352 e. The summed E-state index contributed by atoms with van der Waals surface area (Å²) in [6.45, 7) is 8.76. The lowest BCUT2D eigenvalue weighted by Gasteiger charge is -2.52. The number of nitrogens with zero attached hydrogens (tertiary/aromatic N) is 3. The van der Waals surface area contributed by atoms with Gasteiger partial charge in [0.05, 0.1) is 23.0 Å². The van der Waals surface area contributed by atoms with E-state index in [1.807, 2.05) is 6.07 Å². The summed E-state index contributed by atoms with van der Waals surface area (Å²) in [4.78, 5) is 4.88. The number of hydrogen-bond donors (Lipinski definition) is 0. The van der Waals surface area contributed by atoms with Gasteiger partial charge in [-0.2, -0.15) is 5.26 Å². The van der Waals surface area contributed by atoms with E-state index in [0.29, 0.717) is 5.92 Å². The second kappa shape index (κ2) is 5.92. The van der Waals surface area contributed by atoms with Crippen molar-refractivity contribution in [2.24, 2.45) is 5.92 Å². The highest BCUT2D eigenvalue weighted by Gasteiger charge is 2.52. The van der Waals surface area contributed by atoms with Gasteiger partial charge in [-0.15, -0.1) is 6.58 Å². The highest BCUT2D eigenvalue weighted by atomic mass is 15.4. The molecule has 3 nitrogen and oxygen atoms in total. The van der Waals surface area contributed by atoms with E-state index in [4.69, 9.17) is 0 Å². The van der Waals surface area contributed by atoms with Crippen molar-refractivity contribution < 1.29 is 0 Å². The minimum atomic E-state index is -0.131. The van der Waals surface area contributed by atoms with Crippen LogP contribution in [0.2, 0.25) is 0 Å². The van der Waals surface area contributed by atoms with E-state index < -0.39 is 0 Å². The van der Waals surface area contributed by atoms with Crippen LogP contribution in [0.15, 0.2) is 55.1 Å². The fourth-order valence-corrected chi connectivity index (χ4v) is 5.23. The Morgan fingerprint density at radius 3 is 2.50 bits per heavy atom. The van der Waals surface area contributed by atoms with Gasteiger partial charge in [0, 0.05) is 24.1 Å². The maximum Gasteiger partial charge on any atom is 0.110 e. The van der Waals surface area contributed by atoms with E-state index in [-0.39, 0.29) is 11.6 Å². The highest BCUT2D eigenvalue weighted by Crippen LogP contribution is 2.57. The predicted molar refractivity (Wildman–Crippen MR) is 108 cm³/mol. The van der Waals surface area contributed by atoms with Gasteiger partial charge in [-0.05, 0) is 48.7 Å². The lowest BCUT2D eigenvalue weighted by molar-refractivity contribution is 0.249. The summed E-state index contributed by atoms with van der Waals surface area (Å²) in [6, 6.07) is 17.1. The third-order valence-electron chi connectivity index (χ3n) is 6.48. The number of para-hydroxylation sites is 2. The van der Waals surface area contributed by atoms with Gasteiger partial charge < -0.3 is 9.80 Å². The fraction of sp³-hybridized carbons (Fsp3) is 0.348. The van der Waals surface area contributed by atoms with E-state index in [1.54, 1.807) is 0 Å². The lowest BCUT2D eigenvalue weighted by Crippen LogP contribution is -2.56. The molecular weight excluding hydrogens is 318 g/mol. The molecule has 2 aromatic rings. The zero-order valence-corrected chi connectivity index (χ0v) is 15.7. The number of nitriles is 1. The van der Waals surface area contributed by atoms with Crippen molar-refractivity contribution in [3.8, 4) is 6.07 Å². The Labute approximate surface area is 156 Å². The third-order valence-corrected chi connectivity index (χ3v) is 6.48. The van der Waals surface area contributed by atoms with Crippen molar-refractivity contribution >= 4 is 17.1 Å². The first kappa shape index (κ1) is 16.7. The van der Waals surface area contributed by atoms with Crippen LogP contribution in [0, 0.1) is 17.2 Å². The Bertz CT molecular complexity index is 910. The molecule has 2 aliphatic heterocycles. The van der Waals surface area contributed by atoms with Gasteiger partial charge in [-0.1, -0.05) is 32.1 Å². The zero-order chi connectivity index (χ0) is 18.5. The van der Waals surface area contributed by atoms with Crippen LogP contribution in [0.25, 0.3) is 0 Å². The lowest BCUT2D eigenvalue weighted by atomic mass is 9.63. The summed E-state index contributed by atoms with van der Waals surface area (Å²) >= 11 is 0. The molecule has 0 saturated carbocycles. The first-order valence-electron chi connectivity index (χ1n) is 9.42. The number of benzene rings is 2. The summed E-state index contributed by atoms with van der Waals surface area (Å²) in [5, 5.41) is 9.47. The molecule has 0 radical (unpaired) electrons. The van der Waals surface area contributed by atoms with Crippen molar-refractivity contribution in [3.05, 3.63) is 66.2 Å². The van der Waals surface area contributed by atoms with Crippen LogP contribution < -0.4 is 9.80 Å². The Hall–Kier alpha value is -2.73. The number of allylic oxidation sites excluding steroid dienone is 1. The van der Waals surface area contributed by atoms with Crippen molar-refractivity contribution in [1.82, 2.24) is 0 Å². The van der Waals surface area contributed by atoms with E-state index >= 15 is 0 Å². The molecule has 3 heteroatoms. The quantitative estimate of drug-likeness (QED) is 0.704. The molecule has 4 rings (SSSR count). The molecule has 0 bridgehead atoms. The van der Waals surface area contributed by atoms with Gasteiger partial charge in [0.25, 0.3) is 0 Å². The first-order chi connectivity index (χ1) is 12.6. The van der Waals surface area contributed by atoms with E-state index in [2.05, 4.69) is 85.8 Å². The normalized spacial score (nSPS) is 25.9. The van der Waals surface area contributed by atoms with E-state index in [1.165, 1.54) is 22.6 Å². The third kappa shape index (κ3) is 1.93. The summed E-state index contributed by atoms with van der Waals surface area (Å²) in [6.07, 6.45) is 4.42. The average Bonchev–Trinajstić information content (AvgIpc) is 2.99. The second-order valence-electron chi connectivity index (χ2n) is 7.34. The molecule has 0 aliphatic carbocycles. The van der Waals surface area contributed by atoms with Crippen LogP contribution in [0.5, 0.6) is 0 Å². The highest BCUT2D eigenvalue weighted by molar-refractivity contribution is 5.86. The predicted octanol–water partition coefficient (Wildman–Crippen LogP) is 5.35. The molecule has 0 saturated heterocycles. The number of anilines is 3. The van der Waals surface area contributed by atoms with Crippen LogP contribution >= 0.6 is 0 Å². The maximum atomic E-state index is 9.47. The molecule has 0 amide bonds. The summed E-state index contributed by atoms with van der Waals surface area (Å²) in [5.41, 5.74) is 5.55. The van der Waals surface area contributed by atoms with Crippen LogP contribution in [0.4, 0.5) is 17.1 Å². The molecule has 2 heterocycles. The summed E-state index contributed by atoms with van der Waals surface area (Å²) in [5.74, 6) is 0.392. The van der Waals surface area contributed by atoms with Gasteiger partial charge in [-0.25, -0.2) is 0 Å². The smallest absolute Gasteiger partial charge is 0.110 e. The van der Waals surface area contributed by atoms with Crippen LogP contribution in [0.3, 0.4) is 0 Å². The van der Waals surface area contributed by atoms with Crippen LogP contribution in [0.1, 0.15) is 37.8 Å². The van der Waals surface area contributed by atoms with Crippen LogP contribution in [-0.2, 0) is 5.41 Å². The van der Waals surface area contributed by atoms with Gasteiger partial charge in [0.2, 0.25) is 0 Å². The minimum absolute atomic E-state index is 0.131. The molecular formula is C23H25N3. The molecule has 0 fully saturated rings. The molecule has 26 heavy (non-hydrogen) atoms. The average molecular weight is 343 g/mol. The standard InChI is InChI=1S/C23H25N3/c1-5-17-22-25(4)20-10-8-9-11-21(20)26(22)19-13-12-16(15-24)14-18(19)23(17,6-2)7-3/h6,8-14,17,22H,2,5,7H2,1,3-4H3. The molecule has 0 aromatic heterocycles. The van der Waals surface area contributed by atoms with E-state index in [9.17, 15) is 5.26 Å². The number of hydrogen-bond acceptors (Lipinski definition) is 3. The Kier molecular flexibility index (Phi) is 3.80. The van der Waals surface area contributed by atoms with E-state index in [0.717, 1.165) is 18.4 Å². The minimum Gasteiger partial charge on any atom is -0.352 e. The number of rotatable bonds is 3. The Morgan fingerprint density at radius 2 is 1.88 bits per heavy atom. The van der Waals surface area contributed by atoms with Gasteiger partial charge in [0.15, 0.2) is 0 Å². The first-order valence-corrected chi connectivity index (χ1v) is 9.42. The van der Waals surface area contributed by atoms with Gasteiger partial charge >= 0.3 is 0 Å².